The highest BCUT2D eigenvalue weighted by molar-refractivity contribution is 6.34. The van der Waals surface area contributed by atoms with Crippen LogP contribution in [0.5, 0.6) is 0 Å². The molecular formula is C15H9ClF3N3O2. The first-order valence-corrected chi connectivity index (χ1v) is 7.02. The number of carbonyl (C=O) groups is 1. The van der Waals surface area contributed by atoms with Crippen LogP contribution in [0.15, 0.2) is 30.6 Å². The van der Waals surface area contributed by atoms with Crippen molar-refractivity contribution in [2.24, 2.45) is 0 Å². The highest BCUT2D eigenvalue weighted by Crippen LogP contribution is 2.35. The Bertz CT molecular complexity index is 958. The largest absolute Gasteiger partial charge is 0.478 e. The van der Waals surface area contributed by atoms with Crippen molar-refractivity contribution in [2.75, 3.05) is 0 Å². The van der Waals surface area contributed by atoms with E-state index >= 15 is 0 Å². The average molecular weight is 356 g/mol. The second-order valence-corrected chi connectivity index (χ2v) is 5.47. The summed E-state index contributed by atoms with van der Waals surface area (Å²) in [6.07, 6.45) is 1.95. The molecule has 0 atom stereocenters. The quantitative estimate of drug-likeness (QED) is 0.720. The molecular weight excluding hydrogens is 347 g/mol. The van der Waals surface area contributed by atoms with Crippen LogP contribution in [0.2, 0.25) is 5.15 Å². The Kier molecular flexibility index (Phi) is 3.71. The zero-order valence-electron chi connectivity index (χ0n) is 12.1. The van der Waals surface area contributed by atoms with E-state index in [-0.39, 0.29) is 21.6 Å². The minimum absolute atomic E-state index is 0.00192. The number of aromatic carboxylic acids is 1. The minimum Gasteiger partial charge on any atom is -0.478 e. The first-order chi connectivity index (χ1) is 11.2. The van der Waals surface area contributed by atoms with Gasteiger partial charge >= 0.3 is 5.97 Å². The number of alkyl halides is 2. The highest BCUT2D eigenvalue weighted by atomic mass is 35.5. The number of aromatic nitrogens is 3. The maximum Gasteiger partial charge on any atom is 0.339 e. The second-order valence-electron chi connectivity index (χ2n) is 5.11. The highest BCUT2D eigenvalue weighted by Gasteiger charge is 2.36. The summed E-state index contributed by atoms with van der Waals surface area (Å²) in [4.78, 5) is 15.0. The molecule has 0 bridgehead atoms. The van der Waals surface area contributed by atoms with Gasteiger partial charge in [0.1, 0.15) is 22.2 Å². The first kappa shape index (κ1) is 16.3. The van der Waals surface area contributed by atoms with Gasteiger partial charge in [0, 0.05) is 12.3 Å². The zero-order valence-corrected chi connectivity index (χ0v) is 12.9. The number of pyridine rings is 1. The van der Waals surface area contributed by atoms with Crippen molar-refractivity contribution >= 4 is 28.3 Å². The molecule has 0 unspecified atom stereocenters. The molecule has 124 valence electrons. The molecule has 2 heterocycles. The minimum atomic E-state index is -3.50. The van der Waals surface area contributed by atoms with Crippen LogP contribution >= 0.6 is 11.6 Å². The molecule has 0 radical (unpaired) electrons. The lowest BCUT2D eigenvalue weighted by molar-refractivity contribution is 0.00838. The summed E-state index contributed by atoms with van der Waals surface area (Å²) in [5.74, 6) is -5.72. The van der Waals surface area contributed by atoms with E-state index in [1.54, 1.807) is 0 Å². The second kappa shape index (κ2) is 5.48. The molecule has 24 heavy (non-hydrogen) atoms. The molecule has 1 aromatic carbocycles. The molecule has 0 aliphatic carbocycles. The summed E-state index contributed by atoms with van der Waals surface area (Å²) in [7, 11) is 0. The molecule has 3 rings (SSSR count). The molecule has 9 heteroatoms. The number of fused-ring (bicyclic) bond motifs is 1. The van der Waals surface area contributed by atoms with Crippen molar-refractivity contribution < 1.29 is 23.1 Å². The van der Waals surface area contributed by atoms with Gasteiger partial charge in [-0.1, -0.05) is 23.7 Å². The van der Waals surface area contributed by atoms with Crippen LogP contribution in [0.4, 0.5) is 13.2 Å². The Labute approximate surface area is 138 Å². The van der Waals surface area contributed by atoms with Crippen LogP contribution < -0.4 is 0 Å². The third kappa shape index (κ3) is 2.48. The molecule has 0 saturated heterocycles. The van der Waals surface area contributed by atoms with Gasteiger partial charge in [0.2, 0.25) is 0 Å². The van der Waals surface area contributed by atoms with E-state index in [1.807, 2.05) is 0 Å². The fraction of sp³-hybridized carbons (Fsp3) is 0.133. The van der Waals surface area contributed by atoms with Crippen molar-refractivity contribution in [1.29, 1.82) is 0 Å². The average Bonchev–Trinajstić information content (AvgIpc) is 2.92. The molecule has 1 N–H and O–H groups in total. The summed E-state index contributed by atoms with van der Waals surface area (Å²) in [5.41, 5.74) is -1.48. The number of rotatable bonds is 3. The lowest BCUT2D eigenvalue weighted by Gasteiger charge is -2.16. The number of halogens is 4. The lowest BCUT2D eigenvalue weighted by Crippen LogP contribution is -2.18. The van der Waals surface area contributed by atoms with Gasteiger partial charge in [-0.05, 0) is 6.07 Å². The van der Waals surface area contributed by atoms with Gasteiger partial charge in [-0.2, -0.15) is 13.9 Å². The summed E-state index contributed by atoms with van der Waals surface area (Å²) in [6, 6.07) is 3.99. The Balaban J connectivity index is 2.40. The Morgan fingerprint density at radius 2 is 2.04 bits per heavy atom. The molecule has 0 fully saturated rings. The van der Waals surface area contributed by atoms with Crippen LogP contribution in [0, 0.1) is 5.82 Å². The van der Waals surface area contributed by atoms with Crippen molar-refractivity contribution in [3.8, 4) is 5.69 Å². The van der Waals surface area contributed by atoms with E-state index in [4.69, 9.17) is 16.7 Å². The third-order valence-corrected chi connectivity index (χ3v) is 3.73. The molecule has 0 amide bonds. The number of nitrogens with zero attached hydrogens (tertiary/aromatic N) is 3. The van der Waals surface area contributed by atoms with E-state index < -0.39 is 29.0 Å². The van der Waals surface area contributed by atoms with Gasteiger partial charge in [-0.3, -0.25) is 0 Å². The van der Waals surface area contributed by atoms with Crippen LogP contribution in [-0.2, 0) is 5.92 Å². The predicted octanol–water partition coefficient (Wildman–Crippen LogP) is 4.02. The van der Waals surface area contributed by atoms with E-state index in [1.165, 1.54) is 12.1 Å². The van der Waals surface area contributed by atoms with Gasteiger partial charge in [0.05, 0.1) is 23.5 Å². The maximum atomic E-state index is 14.0. The van der Waals surface area contributed by atoms with Crippen LogP contribution in [0.25, 0.3) is 16.5 Å². The molecule has 0 aliphatic rings. The van der Waals surface area contributed by atoms with E-state index in [0.29, 0.717) is 6.92 Å². The van der Waals surface area contributed by atoms with Crippen molar-refractivity contribution in [3.63, 3.8) is 0 Å². The van der Waals surface area contributed by atoms with Crippen molar-refractivity contribution in [1.82, 2.24) is 14.8 Å². The topological polar surface area (TPSA) is 68.0 Å². The van der Waals surface area contributed by atoms with Crippen LogP contribution in [0.1, 0.15) is 23.0 Å². The molecule has 0 saturated carbocycles. The number of carboxylic acids is 1. The molecule has 0 aliphatic heterocycles. The van der Waals surface area contributed by atoms with Gasteiger partial charge in [-0.25, -0.2) is 18.9 Å². The van der Waals surface area contributed by atoms with Crippen LogP contribution in [0.3, 0.4) is 0 Å². The van der Waals surface area contributed by atoms with Crippen molar-refractivity contribution in [3.05, 3.63) is 52.8 Å². The number of hydrogen-bond acceptors (Lipinski definition) is 3. The lowest BCUT2D eigenvalue weighted by atomic mass is 10.1. The van der Waals surface area contributed by atoms with E-state index in [0.717, 1.165) is 23.1 Å². The summed E-state index contributed by atoms with van der Waals surface area (Å²) in [6.45, 7) is 0.555. The fourth-order valence-electron chi connectivity index (χ4n) is 2.48. The molecule has 0 spiro atoms. The first-order valence-electron chi connectivity index (χ1n) is 6.64. The third-order valence-electron chi connectivity index (χ3n) is 3.44. The standard InChI is InChI=1S/C15H9ClF3N3O2/c1-15(18,19)12-8(14(23)24)5-21-22(12)10-6-20-13(16)11-7(10)3-2-4-9(11)17/h2-6H,1H3,(H,23,24). The van der Waals surface area contributed by atoms with Crippen LogP contribution in [-0.4, -0.2) is 25.8 Å². The van der Waals surface area contributed by atoms with E-state index in [9.17, 15) is 18.0 Å². The molecule has 3 aromatic rings. The SMILES string of the molecule is CC(F)(F)c1c(C(=O)O)cnn1-c1cnc(Cl)c2c(F)cccc12. The molecule has 2 aromatic heterocycles. The Hall–Kier alpha value is -2.61. The molecule has 5 nitrogen and oxygen atoms in total. The normalized spacial score (nSPS) is 11.9. The van der Waals surface area contributed by atoms with Gasteiger partial charge in [0.15, 0.2) is 0 Å². The summed E-state index contributed by atoms with van der Waals surface area (Å²) < 4.78 is 42.7. The number of hydrogen-bond donors (Lipinski definition) is 1. The van der Waals surface area contributed by atoms with Gasteiger partial charge in [-0.15, -0.1) is 0 Å². The Morgan fingerprint density at radius 1 is 1.33 bits per heavy atom. The predicted molar refractivity (Wildman–Crippen MR) is 80.4 cm³/mol. The van der Waals surface area contributed by atoms with Crippen molar-refractivity contribution in [2.45, 2.75) is 12.8 Å². The van der Waals surface area contributed by atoms with E-state index in [2.05, 4.69) is 10.1 Å². The zero-order chi connectivity index (χ0) is 17.6. The summed E-state index contributed by atoms with van der Waals surface area (Å²) >= 11 is 5.88. The maximum absolute atomic E-state index is 14.0. The fourth-order valence-corrected chi connectivity index (χ4v) is 2.72. The number of carboxylic acid groups (broad SMARTS) is 1. The summed E-state index contributed by atoms with van der Waals surface area (Å²) in [5, 5.41) is 12.8. The Morgan fingerprint density at radius 3 is 2.67 bits per heavy atom. The monoisotopic (exact) mass is 355 g/mol. The van der Waals surface area contributed by atoms with Gasteiger partial charge in [0.25, 0.3) is 5.92 Å². The van der Waals surface area contributed by atoms with Gasteiger partial charge < -0.3 is 5.11 Å². The smallest absolute Gasteiger partial charge is 0.339 e. The number of benzene rings is 1.